The predicted octanol–water partition coefficient (Wildman–Crippen LogP) is 2.15. The van der Waals surface area contributed by atoms with Crippen LogP contribution in [-0.4, -0.2) is 19.7 Å². The summed E-state index contributed by atoms with van der Waals surface area (Å²) in [7, 11) is 1.55. The van der Waals surface area contributed by atoms with Crippen molar-refractivity contribution < 1.29 is 14.3 Å². The van der Waals surface area contributed by atoms with Crippen molar-refractivity contribution >= 4 is 27.6 Å². The second-order valence-corrected chi connectivity index (χ2v) is 3.96. The largest absolute Gasteiger partial charge is 0.497 e. The fraction of sp³-hybridized carbons (Fsp3) is 0.364. The molecule has 1 aromatic carbocycles. The number of halogens is 1. The van der Waals surface area contributed by atoms with Crippen LogP contribution in [0.4, 0.5) is 5.69 Å². The molecule has 0 radical (unpaired) electrons. The first-order chi connectivity index (χ1) is 7.58. The summed E-state index contributed by atoms with van der Waals surface area (Å²) in [5.74, 6) is 0.343. The van der Waals surface area contributed by atoms with E-state index in [4.69, 9.17) is 15.2 Å². The summed E-state index contributed by atoms with van der Waals surface area (Å²) in [5.41, 5.74) is 7.07. The van der Waals surface area contributed by atoms with Crippen LogP contribution in [0.1, 0.15) is 12.5 Å². The van der Waals surface area contributed by atoms with Gasteiger partial charge in [0.1, 0.15) is 5.75 Å². The van der Waals surface area contributed by atoms with E-state index in [1.807, 2.05) is 0 Å². The minimum atomic E-state index is -0.282. The van der Waals surface area contributed by atoms with E-state index in [1.54, 1.807) is 26.2 Å². The Morgan fingerprint density at radius 2 is 2.19 bits per heavy atom. The topological polar surface area (TPSA) is 61.5 Å². The molecule has 0 aromatic heterocycles. The Morgan fingerprint density at radius 3 is 2.75 bits per heavy atom. The van der Waals surface area contributed by atoms with Gasteiger partial charge in [0.15, 0.2) is 0 Å². The van der Waals surface area contributed by atoms with E-state index in [0.717, 1.165) is 5.56 Å². The van der Waals surface area contributed by atoms with Crippen LogP contribution in [0.15, 0.2) is 16.6 Å². The van der Waals surface area contributed by atoms with Gasteiger partial charge in [-0.25, -0.2) is 0 Å². The lowest BCUT2D eigenvalue weighted by Gasteiger charge is -2.09. The van der Waals surface area contributed by atoms with Crippen molar-refractivity contribution in [1.82, 2.24) is 0 Å². The summed E-state index contributed by atoms with van der Waals surface area (Å²) in [6.45, 7) is 2.14. The first-order valence-electron chi connectivity index (χ1n) is 4.86. The van der Waals surface area contributed by atoms with Gasteiger partial charge in [-0.15, -0.1) is 0 Å². The van der Waals surface area contributed by atoms with E-state index >= 15 is 0 Å². The molecule has 2 N–H and O–H groups in total. The highest BCUT2D eigenvalue weighted by Gasteiger charge is 2.11. The number of rotatable bonds is 4. The number of ether oxygens (including phenoxy) is 2. The average Bonchev–Trinajstić information content (AvgIpc) is 2.24. The third-order valence-electron chi connectivity index (χ3n) is 2.03. The van der Waals surface area contributed by atoms with Crippen LogP contribution in [0.25, 0.3) is 0 Å². The molecule has 0 aliphatic carbocycles. The van der Waals surface area contributed by atoms with Gasteiger partial charge in [-0.1, -0.05) is 0 Å². The number of nitrogen functional groups attached to an aromatic ring is 1. The van der Waals surface area contributed by atoms with E-state index in [-0.39, 0.29) is 12.4 Å². The number of carbonyl (C=O) groups is 1. The highest BCUT2D eigenvalue weighted by atomic mass is 79.9. The zero-order valence-corrected chi connectivity index (χ0v) is 10.8. The maximum absolute atomic E-state index is 11.4. The van der Waals surface area contributed by atoms with Crippen LogP contribution >= 0.6 is 15.9 Å². The maximum atomic E-state index is 11.4. The molecule has 0 spiro atoms. The van der Waals surface area contributed by atoms with Gasteiger partial charge in [0, 0.05) is 16.2 Å². The van der Waals surface area contributed by atoms with Crippen LogP contribution in [-0.2, 0) is 16.0 Å². The van der Waals surface area contributed by atoms with Gasteiger partial charge < -0.3 is 15.2 Å². The van der Waals surface area contributed by atoms with Crippen LogP contribution in [0, 0.1) is 0 Å². The molecule has 0 heterocycles. The molecule has 0 aliphatic rings. The third kappa shape index (κ3) is 3.13. The second-order valence-electron chi connectivity index (χ2n) is 3.17. The Bertz CT molecular complexity index is 393. The first-order valence-corrected chi connectivity index (χ1v) is 5.65. The summed E-state index contributed by atoms with van der Waals surface area (Å²) in [6.07, 6.45) is 0.176. The van der Waals surface area contributed by atoms with Gasteiger partial charge in [-0.3, -0.25) is 4.79 Å². The molecule has 0 amide bonds. The van der Waals surface area contributed by atoms with E-state index in [1.165, 1.54) is 0 Å². The Morgan fingerprint density at radius 1 is 1.50 bits per heavy atom. The quantitative estimate of drug-likeness (QED) is 0.681. The van der Waals surface area contributed by atoms with Crippen molar-refractivity contribution in [3.8, 4) is 5.75 Å². The highest BCUT2D eigenvalue weighted by molar-refractivity contribution is 9.10. The minimum Gasteiger partial charge on any atom is -0.497 e. The van der Waals surface area contributed by atoms with Gasteiger partial charge in [0.2, 0.25) is 0 Å². The number of carbonyl (C=O) groups excluding carboxylic acids is 1. The van der Waals surface area contributed by atoms with E-state index in [0.29, 0.717) is 22.5 Å². The van der Waals surface area contributed by atoms with Crippen molar-refractivity contribution in [2.45, 2.75) is 13.3 Å². The lowest BCUT2D eigenvalue weighted by Crippen LogP contribution is -2.08. The summed E-state index contributed by atoms with van der Waals surface area (Å²) < 4.78 is 10.7. The van der Waals surface area contributed by atoms with Crippen LogP contribution in [0.2, 0.25) is 0 Å². The molecule has 1 rings (SSSR count). The Balaban J connectivity index is 2.94. The van der Waals surface area contributed by atoms with Crippen molar-refractivity contribution in [3.05, 3.63) is 22.2 Å². The first kappa shape index (κ1) is 12.8. The zero-order chi connectivity index (χ0) is 12.1. The molecule has 0 fully saturated rings. The van der Waals surface area contributed by atoms with Crippen molar-refractivity contribution in [1.29, 1.82) is 0 Å². The van der Waals surface area contributed by atoms with Gasteiger partial charge >= 0.3 is 5.97 Å². The number of hydrogen-bond donors (Lipinski definition) is 1. The van der Waals surface area contributed by atoms with E-state index in [2.05, 4.69) is 15.9 Å². The molecular formula is C11H14BrNO3. The molecule has 16 heavy (non-hydrogen) atoms. The highest BCUT2D eigenvalue weighted by Crippen LogP contribution is 2.29. The fourth-order valence-corrected chi connectivity index (χ4v) is 1.66. The number of anilines is 1. The standard InChI is InChI=1S/C11H14BrNO3/c1-3-16-10(14)5-7-4-8(15-2)6-9(13)11(7)12/h4,6H,3,5,13H2,1-2H3. The van der Waals surface area contributed by atoms with Gasteiger partial charge in [-0.05, 0) is 34.5 Å². The molecule has 88 valence electrons. The lowest BCUT2D eigenvalue weighted by molar-refractivity contribution is -0.142. The Hall–Kier alpha value is -1.23. The normalized spacial score (nSPS) is 9.94. The predicted molar refractivity (Wildman–Crippen MR) is 65.4 cm³/mol. The lowest BCUT2D eigenvalue weighted by atomic mass is 10.1. The molecular weight excluding hydrogens is 274 g/mol. The molecule has 0 unspecified atom stereocenters. The molecule has 4 nitrogen and oxygen atoms in total. The molecule has 0 atom stereocenters. The van der Waals surface area contributed by atoms with Gasteiger partial charge in [0.05, 0.1) is 20.1 Å². The molecule has 0 bridgehead atoms. The van der Waals surface area contributed by atoms with E-state index in [9.17, 15) is 4.79 Å². The maximum Gasteiger partial charge on any atom is 0.310 e. The fourth-order valence-electron chi connectivity index (χ4n) is 1.29. The number of benzene rings is 1. The summed E-state index contributed by atoms with van der Waals surface area (Å²) in [4.78, 5) is 11.4. The van der Waals surface area contributed by atoms with E-state index < -0.39 is 0 Å². The monoisotopic (exact) mass is 287 g/mol. The zero-order valence-electron chi connectivity index (χ0n) is 9.25. The smallest absolute Gasteiger partial charge is 0.310 e. The van der Waals surface area contributed by atoms with Crippen molar-refractivity contribution in [2.75, 3.05) is 19.5 Å². The van der Waals surface area contributed by atoms with Gasteiger partial charge in [0.25, 0.3) is 0 Å². The Kier molecular flexibility index (Phi) is 4.61. The average molecular weight is 288 g/mol. The summed E-state index contributed by atoms with van der Waals surface area (Å²) >= 11 is 3.33. The van der Waals surface area contributed by atoms with Crippen LogP contribution < -0.4 is 10.5 Å². The summed E-state index contributed by atoms with van der Waals surface area (Å²) in [6, 6.07) is 3.45. The number of hydrogen-bond acceptors (Lipinski definition) is 4. The molecule has 0 saturated heterocycles. The van der Waals surface area contributed by atoms with Crippen molar-refractivity contribution in [2.24, 2.45) is 0 Å². The molecule has 0 aliphatic heterocycles. The number of nitrogens with two attached hydrogens (primary N) is 1. The van der Waals surface area contributed by atoms with Crippen molar-refractivity contribution in [3.63, 3.8) is 0 Å². The molecule has 0 saturated carbocycles. The van der Waals surface area contributed by atoms with Crippen LogP contribution in [0.5, 0.6) is 5.75 Å². The second kappa shape index (κ2) is 5.75. The third-order valence-corrected chi connectivity index (χ3v) is 2.99. The number of esters is 1. The molecule has 1 aromatic rings. The molecule has 5 heteroatoms. The van der Waals surface area contributed by atoms with Gasteiger partial charge in [-0.2, -0.15) is 0 Å². The van der Waals surface area contributed by atoms with Crippen LogP contribution in [0.3, 0.4) is 0 Å². The minimum absolute atomic E-state index is 0.176. The Labute approximate surface area is 103 Å². The SMILES string of the molecule is CCOC(=O)Cc1cc(OC)cc(N)c1Br. The number of methoxy groups -OCH3 is 1. The summed E-state index contributed by atoms with van der Waals surface area (Å²) in [5, 5.41) is 0.